The van der Waals surface area contributed by atoms with Crippen LogP contribution in [0.2, 0.25) is 0 Å². The summed E-state index contributed by atoms with van der Waals surface area (Å²) in [6.45, 7) is 5.95. The lowest BCUT2D eigenvalue weighted by molar-refractivity contribution is -0.115. The number of aldehydes is 1. The molecule has 60 valence electrons. The summed E-state index contributed by atoms with van der Waals surface area (Å²) in [6.07, 6.45) is 4.23. The van der Waals surface area contributed by atoms with Crippen LogP contribution in [0.3, 0.4) is 0 Å². The Morgan fingerprint density at radius 1 is 1.64 bits per heavy atom. The van der Waals surface area contributed by atoms with E-state index >= 15 is 0 Å². The fraction of sp³-hybridized carbons (Fsp3) is 0.667. The van der Waals surface area contributed by atoms with Gasteiger partial charge in [-0.2, -0.15) is 0 Å². The molecular weight excluding hydrogens is 138 g/mol. The summed E-state index contributed by atoms with van der Waals surface area (Å²) in [6, 6.07) is 0. The summed E-state index contributed by atoms with van der Waals surface area (Å²) < 4.78 is 0. The highest BCUT2D eigenvalue weighted by Gasteiger charge is 2.45. The largest absolute Gasteiger partial charge is 0.301 e. The molecule has 2 rings (SSSR count). The Bertz CT molecular complexity index is 212. The third-order valence-corrected chi connectivity index (χ3v) is 2.86. The lowest BCUT2D eigenvalue weighted by atomic mass is 9.95. The quantitative estimate of drug-likeness (QED) is 0.411. The van der Waals surface area contributed by atoms with E-state index in [1.54, 1.807) is 0 Å². The predicted octanol–water partition coefficient (Wildman–Crippen LogP) is 0.980. The van der Waals surface area contributed by atoms with E-state index in [1.165, 1.54) is 12.0 Å². The Morgan fingerprint density at radius 3 is 3.09 bits per heavy atom. The van der Waals surface area contributed by atoms with Gasteiger partial charge in [-0.25, -0.2) is 0 Å². The third-order valence-electron chi connectivity index (χ3n) is 2.86. The lowest BCUT2D eigenvalue weighted by Crippen LogP contribution is -2.39. The predicted molar refractivity (Wildman–Crippen MR) is 43.4 cm³/mol. The van der Waals surface area contributed by atoms with Crippen molar-refractivity contribution in [1.29, 1.82) is 0 Å². The van der Waals surface area contributed by atoms with Gasteiger partial charge in [-0.3, -0.25) is 4.90 Å². The van der Waals surface area contributed by atoms with Crippen LogP contribution in [0.1, 0.15) is 19.3 Å². The molecule has 0 saturated carbocycles. The molecule has 0 radical (unpaired) electrons. The number of nitrogens with zero attached hydrogens (tertiary/aromatic N) is 1. The summed E-state index contributed by atoms with van der Waals surface area (Å²) in [5.74, 6) is 0. The molecule has 0 unspecified atom stereocenters. The normalized spacial score (nSPS) is 37.6. The maximum Gasteiger partial charge on any atom is 0.140 e. The standard InChI is InChI=1S/C9H13NO/c1-8-5-9(7-11)3-2-4-10(9)6-8/h7H,1-6H2/t9-/m1/s1. The molecule has 0 spiro atoms. The number of rotatable bonds is 1. The molecule has 2 aliphatic heterocycles. The first-order valence-corrected chi connectivity index (χ1v) is 4.15. The lowest BCUT2D eigenvalue weighted by Gasteiger charge is -2.24. The first-order valence-electron chi connectivity index (χ1n) is 4.15. The van der Waals surface area contributed by atoms with Crippen LogP contribution < -0.4 is 0 Å². The van der Waals surface area contributed by atoms with Gasteiger partial charge in [0.25, 0.3) is 0 Å². The zero-order valence-corrected chi connectivity index (χ0v) is 6.68. The number of hydrogen-bond donors (Lipinski definition) is 0. The van der Waals surface area contributed by atoms with Crippen LogP contribution in [-0.4, -0.2) is 29.8 Å². The SMILES string of the molecule is C=C1CN2CCC[C@]2(C=O)C1. The molecule has 0 aromatic carbocycles. The van der Waals surface area contributed by atoms with Gasteiger partial charge in [0.05, 0.1) is 5.54 Å². The van der Waals surface area contributed by atoms with Crippen LogP contribution in [0, 0.1) is 0 Å². The maximum absolute atomic E-state index is 10.9. The van der Waals surface area contributed by atoms with Crippen molar-refractivity contribution in [2.45, 2.75) is 24.8 Å². The first kappa shape index (κ1) is 7.04. The van der Waals surface area contributed by atoms with Gasteiger partial charge in [0.2, 0.25) is 0 Å². The second kappa shape index (κ2) is 2.18. The molecule has 0 N–H and O–H groups in total. The van der Waals surface area contributed by atoms with Gasteiger partial charge in [0.15, 0.2) is 0 Å². The van der Waals surface area contributed by atoms with Gasteiger partial charge >= 0.3 is 0 Å². The minimum Gasteiger partial charge on any atom is -0.301 e. The van der Waals surface area contributed by atoms with Gasteiger partial charge < -0.3 is 4.79 Å². The molecule has 0 amide bonds. The van der Waals surface area contributed by atoms with Crippen molar-refractivity contribution in [1.82, 2.24) is 4.90 Å². The molecule has 1 atom stereocenters. The molecule has 2 fully saturated rings. The average molecular weight is 151 g/mol. The molecular formula is C9H13NO. The molecule has 2 nitrogen and oxygen atoms in total. The second-order valence-corrected chi connectivity index (χ2v) is 3.67. The van der Waals surface area contributed by atoms with E-state index in [4.69, 9.17) is 0 Å². The molecule has 0 aliphatic carbocycles. The molecule has 0 aromatic rings. The van der Waals surface area contributed by atoms with Gasteiger partial charge in [-0.05, 0) is 25.8 Å². The van der Waals surface area contributed by atoms with Crippen LogP contribution in [0.15, 0.2) is 12.2 Å². The zero-order chi connectivity index (χ0) is 7.90. The molecule has 2 heteroatoms. The maximum atomic E-state index is 10.9. The Kier molecular flexibility index (Phi) is 1.39. The van der Waals surface area contributed by atoms with Crippen LogP contribution in [0.5, 0.6) is 0 Å². The van der Waals surface area contributed by atoms with E-state index in [2.05, 4.69) is 11.5 Å². The fourth-order valence-corrected chi connectivity index (χ4v) is 2.33. The highest BCUT2D eigenvalue weighted by molar-refractivity contribution is 5.67. The van der Waals surface area contributed by atoms with E-state index in [9.17, 15) is 4.79 Å². The number of carbonyl (C=O) groups excluding carboxylic acids is 1. The van der Waals surface area contributed by atoms with Crippen LogP contribution in [-0.2, 0) is 4.79 Å². The Labute approximate surface area is 66.9 Å². The first-order chi connectivity index (χ1) is 5.27. The van der Waals surface area contributed by atoms with Crippen LogP contribution >= 0.6 is 0 Å². The van der Waals surface area contributed by atoms with Gasteiger partial charge in [-0.15, -0.1) is 0 Å². The summed E-state index contributed by atoms with van der Waals surface area (Å²) in [4.78, 5) is 13.1. The molecule has 2 aliphatic rings. The molecule has 0 bridgehead atoms. The number of hydrogen-bond acceptors (Lipinski definition) is 2. The van der Waals surface area contributed by atoms with E-state index in [1.807, 2.05) is 0 Å². The molecule has 2 saturated heterocycles. The molecule has 11 heavy (non-hydrogen) atoms. The summed E-state index contributed by atoms with van der Waals surface area (Å²) in [5, 5.41) is 0. The highest BCUT2D eigenvalue weighted by atomic mass is 16.1. The van der Waals surface area contributed by atoms with Gasteiger partial charge in [-0.1, -0.05) is 12.2 Å². The van der Waals surface area contributed by atoms with Crippen LogP contribution in [0.25, 0.3) is 0 Å². The van der Waals surface area contributed by atoms with Crippen molar-refractivity contribution in [2.24, 2.45) is 0 Å². The topological polar surface area (TPSA) is 20.3 Å². The molecule has 0 aromatic heterocycles. The monoisotopic (exact) mass is 151 g/mol. The van der Waals surface area contributed by atoms with Gasteiger partial charge in [0.1, 0.15) is 6.29 Å². The summed E-state index contributed by atoms with van der Waals surface area (Å²) in [7, 11) is 0. The minimum absolute atomic E-state index is 0.128. The van der Waals surface area contributed by atoms with Crippen LogP contribution in [0.4, 0.5) is 0 Å². The zero-order valence-electron chi connectivity index (χ0n) is 6.68. The van der Waals surface area contributed by atoms with Gasteiger partial charge in [0, 0.05) is 6.54 Å². The highest BCUT2D eigenvalue weighted by Crippen LogP contribution is 2.38. The van der Waals surface area contributed by atoms with Crippen molar-refractivity contribution < 1.29 is 4.79 Å². The van der Waals surface area contributed by atoms with Crippen molar-refractivity contribution in [3.05, 3.63) is 12.2 Å². The second-order valence-electron chi connectivity index (χ2n) is 3.67. The van der Waals surface area contributed by atoms with E-state index in [0.29, 0.717) is 0 Å². The van der Waals surface area contributed by atoms with Crippen molar-refractivity contribution in [2.75, 3.05) is 13.1 Å². The molecule has 2 heterocycles. The summed E-state index contributed by atoms with van der Waals surface area (Å²) in [5.41, 5.74) is 1.09. The van der Waals surface area contributed by atoms with Crippen molar-refractivity contribution in [3.63, 3.8) is 0 Å². The Balaban J connectivity index is 2.28. The van der Waals surface area contributed by atoms with E-state index in [0.717, 1.165) is 32.2 Å². The Hall–Kier alpha value is -0.630. The number of carbonyl (C=O) groups is 1. The van der Waals surface area contributed by atoms with Crippen molar-refractivity contribution in [3.8, 4) is 0 Å². The minimum atomic E-state index is -0.128. The fourth-order valence-electron chi connectivity index (χ4n) is 2.33. The number of fused-ring (bicyclic) bond motifs is 1. The smallest absolute Gasteiger partial charge is 0.140 e. The third kappa shape index (κ3) is 0.857. The average Bonchev–Trinajstić information content (AvgIpc) is 2.43. The van der Waals surface area contributed by atoms with E-state index < -0.39 is 0 Å². The Morgan fingerprint density at radius 2 is 2.45 bits per heavy atom. The van der Waals surface area contributed by atoms with Crippen molar-refractivity contribution >= 4 is 6.29 Å². The van der Waals surface area contributed by atoms with E-state index in [-0.39, 0.29) is 5.54 Å². The summed E-state index contributed by atoms with van der Waals surface area (Å²) >= 11 is 0.